The minimum atomic E-state index is -0.388. The first kappa shape index (κ1) is 14.4. The number of aryl methyl sites for hydroxylation is 1. The van der Waals surface area contributed by atoms with Crippen molar-refractivity contribution in [2.24, 2.45) is 11.7 Å². The average Bonchev–Trinajstić information content (AvgIpc) is 2.31. The summed E-state index contributed by atoms with van der Waals surface area (Å²) in [5.41, 5.74) is 7.44. The molecule has 5 heteroatoms. The summed E-state index contributed by atoms with van der Waals surface area (Å²) in [6.45, 7) is 8.60. The van der Waals surface area contributed by atoms with E-state index in [-0.39, 0.29) is 16.1 Å². The maximum Gasteiger partial charge on any atom is 0.269 e. The molecule has 0 saturated heterocycles. The van der Waals surface area contributed by atoms with Crippen molar-refractivity contribution in [3.05, 3.63) is 33.9 Å². The van der Waals surface area contributed by atoms with Gasteiger partial charge in [-0.15, -0.1) is 0 Å². The Balaban J connectivity index is 3.02. The summed E-state index contributed by atoms with van der Waals surface area (Å²) in [7, 11) is 0. The third-order valence-electron chi connectivity index (χ3n) is 3.54. The molecule has 5 nitrogen and oxygen atoms in total. The smallest absolute Gasteiger partial charge is 0.269 e. The normalized spacial score (nSPS) is 14.3. The number of nitrogens with zero attached hydrogens (tertiary/aromatic N) is 1. The van der Waals surface area contributed by atoms with E-state index in [2.05, 4.69) is 26.1 Å². The summed E-state index contributed by atoms with van der Waals surface area (Å²) in [4.78, 5) is 10.3. The molecule has 1 rings (SSSR count). The zero-order valence-corrected chi connectivity index (χ0v) is 11.4. The molecule has 1 atom stereocenters. The van der Waals surface area contributed by atoms with Crippen molar-refractivity contribution < 1.29 is 4.92 Å². The van der Waals surface area contributed by atoms with Gasteiger partial charge in [0.2, 0.25) is 0 Å². The molecule has 3 N–H and O–H groups in total. The fraction of sp³-hybridized carbons (Fsp3) is 0.538. The van der Waals surface area contributed by atoms with Gasteiger partial charge in [0.25, 0.3) is 5.69 Å². The zero-order chi connectivity index (χ0) is 13.9. The SMILES string of the molecule is Cc1cc([N+](=O)[O-])ccc1NC(C)(CN)C(C)C. The number of rotatable bonds is 5. The average molecular weight is 251 g/mol. The third kappa shape index (κ3) is 2.98. The van der Waals surface area contributed by atoms with Crippen molar-refractivity contribution >= 4 is 11.4 Å². The Labute approximate surface area is 108 Å². The number of hydrogen-bond donors (Lipinski definition) is 2. The predicted molar refractivity (Wildman–Crippen MR) is 73.8 cm³/mol. The van der Waals surface area contributed by atoms with Crippen molar-refractivity contribution in [3.8, 4) is 0 Å². The summed E-state index contributed by atoms with van der Waals surface area (Å²) in [6, 6.07) is 4.82. The third-order valence-corrected chi connectivity index (χ3v) is 3.54. The highest BCUT2D eigenvalue weighted by atomic mass is 16.6. The van der Waals surface area contributed by atoms with Crippen LogP contribution in [0.3, 0.4) is 0 Å². The lowest BCUT2D eigenvalue weighted by Crippen LogP contribution is -2.47. The second kappa shape index (κ2) is 5.35. The lowest BCUT2D eigenvalue weighted by molar-refractivity contribution is -0.384. The Kier molecular flexibility index (Phi) is 4.29. The Morgan fingerprint density at radius 2 is 2.11 bits per heavy atom. The first-order chi connectivity index (χ1) is 8.30. The molecule has 1 aromatic carbocycles. The van der Waals surface area contributed by atoms with Crippen LogP contribution in [0.15, 0.2) is 18.2 Å². The van der Waals surface area contributed by atoms with Gasteiger partial charge in [-0.2, -0.15) is 0 Å². The summed E-state index contributed by atoms with van der Waals surface area (Å²) >= 11 is 0. The molecule has 0 aliphatic rings. The molecule has 0 aliphatic heterocycles. The first-order valence-electron chi connectivity index (χ1n) is 6.03. The van der Waals surface area contributed by atoms with Gasteiger partial charge >= 0.3 is 0 Å². The molecule has 1 aromatic rings. The van der Waals surface area contributed by atoms with E-state index in [1.807, 2.05) is 6.92 Å². The highest BCUT2D eigenvalue weighted by Crippen LogP contribution is 2.27. The van der Waals surface area contributed by atoms with Crippen molar-refractivity contribution in [1.82, 2.24) is 0 Å². The van der Waals surface area contributed by atoms with Crippen molar-refractivity contribution in [1.29, 1.82) is 0 Å². The second-order valence-electron chi connectivity index (χ2n) is 5.16. The number of anilines is 1. The molecule has 0 bridgehead atoms. The van der Waals surface area contributed by atoms with Crippen LogP contribution in [0.2, 0.25) is 0 Å². The largest absolute Gasteiger partial charge is 0.378 e. The number of nitrogens with two attached hydrogens (primary N) is 1. The monoisotopic (exact) mass is 251 g/mol. The summed E-state index contributed by atoms with van der Waals surface area (Å²) in [6.07, 6.45) is 0. The van der Waals surface area contributed by atoms with Crippen molar-refractivity contribution in [2.75, 3.05) is 11.9 Å². The van der Waals surface area contributed by atoms with E-state index in [1.54, 1.807) is 12.1 Å². The Morgan fingerprint density at radius 1 is 1.50 bits per heavy atom. The summed E-state index contributed by atoms with van der Waals surface area (Å²) < 4.78 is 0. The van der Waals surface area contributed by atoms with Gasteiger partial charge in [-0.25, -0.2) is 0 Å². The molecule has 0 saturated carbocycles. The van der Waals surface area contributed by atoms with Crippen LogP contribution >= 0.6 is 0 Å². The van der Waals surface area contributed by atoms with Crippen LogP contribution in [-0.2, 0) is 0 Å². The van der Waals surface area contributed by atoms with E-state index in [0.29, 0.717) is 12.5 Å². The van der Waals surface area contributed by atoms with E-state index in [1.165, 1.54) is 6.07 Å². The molecule has 18 heavy (non-hydrogen) atoms. The number of nitro groups is 1. The maximum absolute atomic E-state index is 10.7. The fourth-order valence-corrected chi connectivity index (χ4v) is 1.64. The van der Waals surface area contributed by atoms with Gasteiger partial charge < -0.3 is 11.1 Å². The van der Waals surface area contributed by atoms with Crippen LogP contribution in [-0.4, -0.2) is 17.0 Å². The van der Waals surface area contributed by atoms with Gasteiger partial charge in [-0.05, 0) is 31.4 Å². The Hall–Kier alpha value is -1.62. The number of hydrogen-bond acceptors (Lipinski definition) is 4. The van der Waals surface area contributed by atoms with Crippen molar-refractivity contribution in [2.45, 2.75) is 33.2 Å². The predicted octanol–water partition coefficient (Wildman–Crippen LogP) is 2.69. The molecular formula is C13H21N3O2. The molecule has 0 heterocycles. The van der Waals surface area contributed by atoms with Gasteiger partial charge in [-0.1, -0.05) is 13.8 Å². The lowest BCUT2D eigenvalue weighted by atomic mass is 9.88. The van der Waals surface area contributed by atoms with E-state index >= 15 is 0 Å². The molecule has 0 aliphatic carbocycles. The molecule has 0 spiro atoms. The molecule has 0 aromatic heterocycles. The minimum absolute atomic E-state index is 0.108. The number of benzene rings is 1. The highest BCUT2D eigenvalue weighted by Gasteiger charge is 2.27. The quantitative estimate of drug-likeness (QED) is 0.622. The minimum Gasteiger partial charge on any atom is -0.378 e. The standard InChI is InChI=1S/C13H21N3O2/c1-9(2)13(4,8-14)15-12-6-5-11(16(17)18)7-10(12)3/h5-7,9,15H,8,14H2,1-4H3. The van der Waals surface area contributed by atoms with Crippen LogP contribution in [0.5, 0.6) is 0 Å². The lowest BCUT2D eigenvalue weighted by Gasteiger charge is -2.35. The van der Waals surface area contributed by atoms with E-state index in [0.717, 1.165) is 11.3 Å². The number of nitrogens with one attached hydrogen (secondary N) is 1. The summed E-state index contributed by atoms with van der Waals surface area (Å²) in [5, 5.41) is 14.1. The molecule has 0 fully saturated rings. The molecule has 0 amide bonds. The topological polar surface area (TPSA) is 81.2 Å². The van der Waals surface area contributed by atoms with Gasteiger partial charge in [0, 0.05) is 29.9 Å². The van der Waals surface area contributed by atoms with Gasteiger partial charge in [0.15, 0.2) is 0 Å². The van der Waals surface area contributed by atoms with E-state index < -0.39 is 0 Å². The molecule has 100 valence electrons. The number of nitro benzene ring substituents is 1. The number of non-ortho nitro benzene ring substituents is 1. The zero-order valence-electron chi connectivity index (χ0n) is 11.4. The second-order valence-corrected chi connectivity index (χ2v) is 5.16. The highest BCUT2D eigenvalue weighted by molar-refractivity contribution is 5.56. The van der Waals surface area contributed by atoms with E-state index in [9.17, 15) is 10.1 Å². The van der Waals surface area contributed by atoms with Crippen molar-refractivity contribution in [3.63, 3.8) is 0 Å². The molecule has 1 unspecified atom stereocenters. The Bertz CT molecular complexity index is 446. The van der Waals surface area contributed by atoms with Crippen LogP contribution in [0.1, 0.15) is 26.3 Å². The van der Waals surface area contributed by atoms with Crippen LogP contribution < -0.4 is 11.1 Å². The first-order valence-corrected chi connectivity index (χ1v) is 6.03. The summed E-state index contributed by atoms with van der Waals surface area (Å²) in [5.74, 6) is 0.358. The van der Waals surface area contributed by atoms with Crippen LogP contribution in [0.4, 0.5) is 11.4 Å². The van der Waals surface area contributed by atoms with Gasteiger partial charge in [-0.3, -0.25) is 10.1 Å². The maximum atomic E-state index is 10.7. The van der Waals surface area contributed by atoms with Crippen LogP contribution in [0, 0.1) is 23.0 Å². The van der Waals surface area contributed by atoms with Gasteiger partial charge in [0.05, 0.1) is 4.92 Å². The van der Waals surface area contributed by atoms with Gasteiger partial charge in [0.1, 0.15) is 0 Å². The Morgan fingerprint density at radius 3 is 2.50 bits per heavy atom. The van der Waals surface area contributed by atoms with Crippen LogP contribution in [0.25, 0.3) is 0 Å². The molecular weight excluding hydrogens is 230 g/mol. The van der Waals surface area contributed by atoms with E-state index in [4.69, 9.17) is 5.73 Å². The molecule has 0 radical (unpaired) electrons. The fourth-order valence-electron chi connectivity index (χ4n) is 1.64.